The maximum atomic E-state index is 12.5. The van der Waals surface area contributed by atoms with Crippen molar-refractivity contribution in [2.45, 2.75) is 9.79 Å². The number of nitro groups is 1. The summed E-state index contributed by atoms with van der Waals surface area (Å²) in [5.41, 5.74) is 0.0190. The number of non-ortho nitro benzene ring substituents is 1. The first-order valence-corrected chi connectivity index (χ1v) is 12.0. The fraction of sp³-hybridized carbons (Fsp3) is 0. The fourth-order valence-corrected chi connectivity index (χ4v) is 5.12. The van der Waals surface area contributed by atoms with Gasteiger partial charge in [0.15, 0.2) is 0 Å². The molecule has 0 radical (unpaired) electrons. The Morgan fingerprint density at radius 3 is 1.55 bits per heavy atom. The third-order valence-corrected chi connectivity index (χ3v) is 7.12. The van der Waals surface area contributed by atoms with Crippen molar-refractivity contribution in [3.05, 3.63) is 86.9 Å². The van der Waals surface area contributed by atoms with Crippen LogP contribution in [-0.4, -0.2) is 21.8 Å². The average molecular weight is 502 g/mol. The molecule has 13 heteroatoms. The zero-order valence-electron chi connectivity index (χ0n) is 15.3. The van der Waals surface area contributed by atoms with E-state index in [0.717, 1.165) is 24.3 Å². The average Bonchev–Trinajstić information content (AvgIpc) is 2.67. The first kappa shape index (κ1) is 22.8. The van der Waals surface area contributed by atoms with Crippen LogP contribution in [0.15, 0.2) is 76.5 Å². The molecule has 162 valence electrons. The van der Waals surface area contributed by atoms with Gasteiger partial charge in [-0.3, -0.25) is 19.6 Å². The molecular weight excluding hydrogens is 489 g/mol. The van der Waals surface area contributed by atoms with E-state index in [1.807, 2.05) is 0 Å². The molecule has 3 rings (SSSR count). The molecule has 3 aromatic rings. The van der Waals surface area contributed by atoms with Crippen LogP contribution >= 0.6 is 23.2 Å². The molecule has 0 amide bonds. The molecule has 0 aliphatic rings. The second-order valence-electron chi connectivity index (χ2n) is 6.14. The third-order valence-electron chi connectivity index (χ3n) is 3.89. The Morgan fingerprint density at radius 2 is 1.10 bits per heavy atom. The van der Waals surface area contributed by atoms with Crippen LogP contribution in [0.4, 0.5) is 17.1 Å². The minimum atomic E-state index is -4.03. The lowest BCUT2D eigenvalue weighted by molar-refractivity contribution is -0.384. The lowest BCUT2D eigenvalue weighted by Gasteiger charge is -2.11. The highest BCUT2D eigenvalue weighted by atomic mass is 35.5. The van der Waals surface area contributed by atoms with Gasteiger partial charge in [0.25, 0.3) is 25.7 Å². The van der Waals surface area contributed by atoms with E-state index in [-0.39, 0.29) is 36.9 Å². The number of nitrogens with one attached hydrogen (secondary N) is 2. The molecule has 0 fully saturated rings. The second-order valence-corrected chi connectivity index (χ2v) is 10.4. The summed E-state index contributed by atoms with van der Waals surface area (Å²) in [4.78, 5) is 9.73. The molecule has 31 heavy (non-hydrogen) atoms. The van der Waals surface area contributed by atoms with E-state index in [1.54, 1.807) is 0 Å². The van der Waals surface area contributed by atoms with Gasteiger partial charge in [-0.2, -0.15) is 0 Å². The van der Waals surface area contributed by atoms with Gasteiger partial charge >= 0.3 is 0 Å². The van der Waals surface area contributed by atoms with Crippen molar-refractivity contribution in [1.29, 1.82) is 0 Å². The molecule has 0 aliphatic heterocycles. The molecule has 3 aromatic carbocycles. The Kier molecular flexibility index (Phi) is 6.41. The van der Waals surface area contributed by atoms with Crippen molar-refractivity contribution >= 4 is 60.3 Å². The minimum Gasteiger partial charge on any atom is -0.280 e. The zero-order chi connectivity index (χ0) is 22.8. The van der Waals surface area contributed by atoms with E-state index >= 15 is 0 Å². The Balaban J connectivity index is 1.78. The van der Waals surface area contributed by atoms with Gasteiger partial charge in [0.1, 0.15) is 0 Å². The first-order valence-electron chi connectivity index (χ1n) is 8.32. The highest BCUT2D eigenvalue weighted by Gasteiger charge is 2.18. The third kappa shape index (κ3) is 5.64. The number of benzene rings is 3. The van der Waals surface area contributed by atoms with Crippen molar-refractivity contribution in [2.24, 2.45) is 0 Å². The predicted molar refractivity (Wildman–Crippen MR) is 118 cm³/mol. The van der Waals surface area contributed by atoms with Gasteiger partial charge in [0.05, 0.1) is 20.4 Å². The topological polar surface area (TPSA) is 135 Å². The van der Waals surface area contributed by atoms with E-state index in [9.17, 15) is 26.9 Å². The van der Waals surface area contributed by atoms with Crippen LogP contribution in [0.5, 0.6) is 0 Å². The molecule has 2 N–H and O–H groups in total. The number of hydrogen-bond donors (Lipinski definition) is 2. The van der Waals surface area contributed by atoms with E-state index in [0.29, 0.717) is 0 Å². The van der Waals surface area contributed by atoms with E-state index in [4.69, 9.17) is 23.2 Å². The van der Waals surface area contributed by atoms with Gasteiger partial charge in [-0.1, -0.05) is 23.2 Å². The summed E-state index contributed by atoms with van der Waals surface area (Å²) in [5.74, 6) is 0. The smallest absolute Gasteiger partial charge is 0.269 e. The Labute approximate surface area is 187 Å². The lowest BCUT2D eigenvalue weighted by Crippen LogP contribution is -2.14. The van der Waals surface area contributed by atoms with Crippen molar-refractivity contribution < 1.29 is 21.8 Å². The normalized spacial score (nSPS) is 11.7. The molecule has 9 nitrogen and oxygen atoms in total. The summed E-state index contributed by atoms with van der Waals surface area (Å²) < 4.78 is 54.6. The number of nitrogens with zero attached hydrogens (tertiary/aromatic N) is 1. The Bertz CT molecular complexity index is 1320. The quantitative estimate of drug-likeness (QED) is 0.361. The highest BCUT2D eigenvalue weighted by molar-refractivity contribution is 7.93. The monoisotopic (exact) mass is 501 g/mol. The number of halogens is 2. The van der Waals surface area contributed by atoms with Gasteiger partial charge in [-0.15, -0.1) is 0 Å². The molecule has 0 aliphatic carbocycles. The minimum absolute atomic E-state index is 0.100. The van der Waals surface area contributed by atoms with Crippen molar-refractivity contribution in [2.75, 3.05) is 9.44 Å². The molecule has 0 atom stereocenters. The van der Waals surface area contributed by atoms with E-state index in [1.165, 1.54) is 42.5 Å². The van der Waals surface area contributed by atoms with Crippen molar-refractivity contribution in [3.63, 3.8) is 0 Å². The highest BCUT2D eigenvalue weighted by Crippen LogP contribution is 2.26. The van der Waals surface area contributed by atoms with Crippen LogP contribution in [0, 0.1) is 10.1 Å². The SMILES string of the molecule is O=[N+]([O-])c1ccc(S(=O)(=O)Nc2ccc(S(=O)(=O)Nc3cc(Cl)cc(Cl)c3)cc2)cc1. The number of rotatable bonds is 7. The number of anilines is 2. The summed E-state index contributed by atoms with van der Waals surface area (Å²) >= 11 is 11.7. The molecular formula is C18H13Cl2N3O6S2. The number of hydrogen-bond acceptors (Lipinski definition) is 6. The van der Waals surface area contributed by atoms with Crippen LogP contribution in [0.3, 0.4) is 0 Å². The maximum Gasteiger partial charge on any atom is 0.269 e. The summed E-state index contributed by atoms with van der Waals surface area (Å²) in [6, 6.07) is 13.5. The van der Waals surface area contributed by atoms with Gasteiger partial charge in [0, 0.05) is 27.9 Å². The van der Waals surface area contributed by atoms with E-state index in [2.05, 4.69) is 9.44 Å². The number of sulfonamides is 2. The predicted octanol–water partition coefficient (Wildman–Crippen LogP) is 4.50. The van der Waals surface area contributed by atoms with Gasteiger partial charge in [0.2, 0.25) is 0 Å². The molecule has 0 spiro atoms. The summed E-state index contributed by atoms with van der Waals surface area (Å²) in [6.45, 7) is 0. The Morgan fingerprint density at radius 1 is 0.677 bits per heavy atom. The molecule has 0 aromatic heterocycles. The zero-order valence-corrected chi connectivity index (χ0v) is 18.5. The summed E-state index contributed by atoms with van der Waals surface area (Å²) in [5, 5.41) is 11.2. The molecule has 0 saturated heterocycles. The van der Waals surface area contributed by atoms with Crippen LogP contribution in [0.2, 0.25) is 10.0 Å². The fourth-order valence-electron chi connectivity index (χ4n) is 2.49. The van der Waals surface area contributed by atoms with Gasteiger partial charge in [-0.25, -0.2) is 16.8 Å². The van der Waals surface area contributed by atoms with E-state index < -0.39 is 25.0 Å². The summed E-state index contributed by atoms with van der Waals surface area (Å²) in [6.07, 6.45) is 0. The van der Waals surface area contributed by atoms with Crippen LogP contribution < -0.4 is 9.44 Å². The van der Waals surface area contributed by atoms with Crippen LogP contribution in [-0.2, 0) is 20.0 Å². The van der Waals surface area contributed by atoms with Crippen molar-refractivity contribution in [1.82, 2.24) is 0 Å². The first-order chi connectivity index (χ1) is 14.5. The maximum absolute atomic E-state index is 12.5. The van der Waals surface area contributed by atoms with Gasteiger partial charge in [-0.05, 0) is 54.6 Å². The molecule has 0 heterocycles. The Hall–Kier alpha value is -2.86. The second kappa shape index (κ2) is 8.71. The number of nitro benzene ring substituents is 1. The largest absolute Gasteiger partial charge is 0.280 e. The summed E-state index contributed by atoms with van der Waals surface area (Å²) in [7, 11) is -8.01. The lowest BCUT2D eigenvalue weighted by atomic mass is 10.3. The molecule has 0 unspecified atom stereocenters. The van der Waals surface area contributed by atoms with Crippen molar-refractivity contribution in [3.8, 4) is 0 Å². The molecule has 0 bridgehead atoms. The molecule has 0 saturated carbocycles. The van der Waals surface area contributed by atoms with Gasteiger partial charge < -0.3 is 0 Å². The van der Waals surface area contributed by atoms with Crippen LogP contribution in [0.1, 0.15) is 0 Å². The van der Waals surface area contributed by atoms with Crippen LogP contribution in [0.25, 0.3) is 0 Å². The standard InChI is InChI=1S/C18H13Cl2N3O6S2/c19-12-9-13(20)11-15(10-12)22-31(28,29)17-5-1-14(2-6-17)21-30(26,27)18-7-3-16(4-8-18)23(24)25/h1-11,21-22H.